The molecule has 2 aromatic carbocycles. The van der Waals surface area contributed by atoms with Crippen molar-refractivity contribution in [3.8, 4) is 11.5 Å². The highest BCUT2D eigenvalue weighted by Crippen LogP contribution is 2.45. The normalized spacial score (nSPS) is 26.0. The van der Waals surface area contributed by atoms with Crippen LogP contribution in [0.25, 0.3) is 5.57 Å². The van der Waals surface area contributed by atoms with Crippen LogP contribution in [0.4, 0.5) is 8.78 Å². The molecule has 5 heteroatoms. The summed E-state index contributed by atoms with van der Waals surface area (Å²) in [5.41, 5.74) is 3.48. The Balaban J connectivity index is 1.39. The maximum atomic E-state index is 13.2. The molecule has 2 bridgehead atoms. The van der Waals surface area contributed by atoms with Gasteiger partial charge in [-0.1, -0.05) is 42.5 Å². The number of ether oxygens (including phenoxy) is 2. The van der Waals surface area contributed by atoms with Gasteiger partial charge < -0.3 is 9.47 Å². The molecule has 0 aromatic heterocycles. The third kappa shape index (κ3) is 2.76. The maximum absolute atomic E-state index is 13.2. The van der Waals surface area contributed by atoms with E-state index < -0.39 is 6.29 Å². The van der Waals surface area contributed by atoms with Crippen molar-refractivity contribution in [2.45, 2.75) is 44.2 Å². The highest BCUT2D eigenvalue weighted by atomic mass is 19.3. The fourth-order valence-electron chi connectivity index (χ4n) is 4.32. The number of hydrogen-bond acceptors (Lipinski definition) is 3. The number of alkyl halides is 2. The average Bonchev–Trinajstić information content (AvgIpc) is 3.04. The van der Waals surface area contributed by atoms with Gasteiger partial charge in [0.25, 0.3) is 0 Å². The monoisotopic (exact) mass is 355 g/mol. The minimum Gasteiger partial charge on any atom is -0.395 e. The van der Waals surface area contributed by atoms with Crippen LogP contribution in [0.3, 0.4) is 0 Å². The summed E-state index contributed by atoms with van der Waals surface area (Å²) in [6.45, 7) is 0.952. The van der Waals surface area contributed by atoms with E-state index in [-0.39, 0.29) is 11.5 Å². The average molecular weight is 355 g/mol. The zero-order valence-electron chi connectivity index (χ0n) is 14.2. The molecule has 0 spiro atoms. The Kier molecular flexibility index (Phi) is 3.54. The molecular formula is C21H19F2NO2. The first-order valence-corrected chi connectivity index (χ1v) is 8.98. The lowest BCUT2D eigenvalue weighted by Crippen LogP contribution is -2.37. The molecule has 0 N–H and O–H groups in total. The molecule has 2 aromatic rings. The number of nitrogens with zero attached hydrogens (tertiary/aromatic N) is 1. The number of hydrogen-bond donors (Lipinski definition) is 0. The van der Waals surface area contributed by atoms with Crippen molar-refractivity contribution in [2.75, 3.05) is 0 Å². The van der Waals surface area contributed by atoms with Crippen molar-refractivity contribution in [3.05, 3.63) is 65.7 Å². The lowest BCUT2D eigenvalue weighted by Gasteiger charge is -2.34. The lowest BCUT2D eigenvalue weighted by molar-refractivity contribution is -0.286. The van der Waals surface area contributed by atoms with E-state index in [0.717, 1.165) is 24.9 Å². The highest BCUT2D eigenvalue weighted by molar-refractivity contribution is 5.70. The first-order chi connectivity index (χ1) is 12.6. The predicted molar refractivity (Wildman–Crippen MR) is 94.0 cm³/mol. The van der Waals surface area contributed by atoms with Gasteiger partial charge in [-0.2, -0.15) is 0 Å². The van der Waals surface area contributed by atoms with Crippen LogP contribution in [0, 0.1) is 0 Å². The Morgan fingerprint density at radius 3 is 2.62 bits per heavy atom. The first-order valence-electron chi connectivity index (χ1n) is 8.98. The van der Waals surface area contributed by atoms with Crippen molar-refractivity contribution in [1.82, 2.24) is 4.90 Å². The molecule has 1 saturated heterocycles. The number of rotatable bonds is 3. The summed E-state index contributed by atoms with van der Waals surface area (Å²) in [5.74, 6) is 0.219. The van der Waals surface area contributed by atoms with E-state index in [9.17, 15) is 8.78 Å². The molecule has 134 valence electrons. The van der Waals surface area contributed by atoms with Gasteiger partial charge in [0.1, 0.15) is 0 Å². The largest absolute Gasteiger partial charge is 0.586 e. The summed E-state index contributed by atoms with van der Waals surface area (Å²) in [6.07, 6.45) is 1.97. The zero-order valence-corrected chi connectivity index (χ0v) is 14.2. The maximum Gasteiger partial charge on any atom is 0.586 e. The third-order valence-corrected chi connectivity index (χ3v) is 5.52. The molecule has 0 radical (unpaired) electrons. The van der Waals surface area contributed by atoms with Gasteiger partial charge in [-0.3, -0.25) is 4.90 Å². The second kappa shape index (κ2) is 5.81. The van der Waals surface area contributed by atoms with Crippen LogP contribution in [0.2, 0.25) is 0 Å². The van der Waals surface area contributed by atoms with E-state index in [1.807, 2.05) is 12.1 Å². The molecule has 26 heavy (non-hydrogen) atoms. The van der Waals surface area contributed by atoms with Crippen molar-refractivity contribution < 1.29 is 18.3 Å². The van der Waals surface area contributed by atoms with Crippen molar-refractivity contribution in [2.24, 2.45) is 0 Å². The predicted octanol–water partition coefficient (Wildman–Crippen LogP) is 4.83. The van der Waals surface area contributed by atoms with E-state index in [2.05, 4.69) is 44.7 Å². The summed E-state index contributed by atoms with van der Waals surface area (Å²) >= 11 is 0. The quantitative estimate of drug-likeness (QED) is 0.787. The van der Waals surface area contributed by atoms with Crippen molar-refractivity contribution >= 4 is 5.57 Å². The van der Waals surface area contributed by atoms with Gasteiger partial charge in [-0.15, -0.1) is 8.78 Å². The third-order valence-electron chi connectivity index (χ3n) is 5.52. The summed E-state index contributed by atoms with van der Waals surface area (Å²) in [6, 6.07) is 16.5. The Morgan fingerprint density at radius 2 is 1.81 bits per heavy atom. The molecule has 1 fully saturated rings. The zero-order chi connectivity index (χ0) is 17.7. The second-order valence-corrected chi connectivity index (χ2v) is 7.18. The van der Waals surface area contributed by atoms with Crippen LogP contribution in [-0.2, 0) is 6.54 Å². The standard InChI is InChI=1S/C21H19F2NO2/c22-21(23)25-19-9-6-15(12-20(19)26-21)16-10-17-7-8-18(11-16)24(17)13-14-4-2-1-3-5-14/h1-6,9-10,12,17-18H,7-8,11,13H2. The molecule has 3 heterocycles. The number of fused-ring (bicyclic) bond motifs is 3. The molecular weight excluding hydrogens is 336 g/mol. The SMILES string of the molecule is FC1(F)Oc2ccc(C3=CC4CCC(C3)N4Cc3ccccc3)cc2O1. The molecule has 3 nitrogen and oxygen atoms in total. The molecule has 2 atom stereocenters. The summed E-state index contributed by atoms with van der Waals surface area (Å²) in [4.78, 5) is 2.56. The Labute approximate surface area is 150 Å². The van der Waals surface area contributed by atoms with Crippen molar-refractivity contribution in [1.29, 1.82) is 0 Å². The Bertz CT molecular complexity index is 866. The summed E-state index contributed by atoms with van der Waals surface area (Å²) in [7, 11) is 0. The molecule has 0 amide bonds. The lowest BCUT2D eigenvalue weighted by atomic mass is 9.94. The van der Waals surface area contributed by atoms with Gasteiger partial charge in [0.05, 0.1) is 0 Å². The van der Waals surface area contributed by atoms with Crippen molar-refractivity contribution in [3.63, 3.8) is 0 Å². The van der Waals surface area contributed by atoms with E-state index in [4.69, 9.17) is 0 Å². The molecule has 5 rings (SSSR count). The highest BCUT2D eigenvalue weighted by Gasteiger charge is 2.44. The molecule has 2 unspecified atom stereocenters. The van der Waals surface area contributed by atoms with Crippen LogP contribution in [0.5, 0.6) is 11.5 Å². The van der Waals surface area contributed by atoms with Crippen LogP contribution >= 0.6 is 0 Å². The topological polar surface area (TPSA) is 21.7 Å². The van der Waals surface area contributed by atoms with Crippen LogP contribution in [-0.4, -0.2) is 23.3 Å². The van der Waals surface area contributed by atoms with E-state index in [1.165, 1.54) is 17.6 Å². The van der Waals surface area contributed by atoms with Gasteiger partial charge in [0.2, 0.25) is 0 Å². The van der Waals surface area contributed by atoms with Gasteiger partial charge >= 0.3 is 6.29 Å². The van der Waals surface area contributed by atoms with Crippen LogP contribution in [0.15, 0.2) is 54.6 Å². The number of halogens is 2. The van der Waals surface area contributed by atoms with Gasteiger partial charge in [0, 0.05) is 18.6 Å². The smallest absolute Gasteiger partial charge is 0.395 e. The van der Waals surface area contributed by atoms with E-state index in [0.29, 0.717) is 12.1 Å². The first kappa shape index (κ1) is 15.8. The van der Waals surface area contributed by atoms with Crippen LogP contribution in [0.1, 0.15) is 30.4 Å². The van der Waals surface area contributed by atoms with Gasteiger partial charge in [-0.25, -0.2) is 0 Å². The van der Waals surface area contributed by atoms with E-state index >= 15 is 0 Å². The minimum atomic E-state index is -3.56. The second-order valence-electron chi connectivity index (χ2n) is 7.18. The Morgan fingerprint density at radius 1 is 1.00 bits per heavy atom. The molecule has 3 aliphatic rings. The van der Waals surface area contributed by atoms with Crippen LogP contribution < -0.4 is 9.47 Å². The fourth-order valence-corrected chi connectivity index (χ4v) is 4.32. The summed E-state index contributed by atoms with van der Waals surface area (Å²) in [5, 5.41) is 0. The molecule has 0 aliphatic carbocycles. The fraction of sp³-hybridized carbons (Fsp3) is 0.333. The van der Waals surface area contributed by atoms with Gasteiger partial charge in [0.15, 0.2) is 11.5 Å². The number of benzene rings is 2. The Hall–Kier alpha value is -2.40. The van der Waals surface area contributed by atoms with Gasteiger partial charge in [-0.05, 0) is 48.1 Å². The minimum absolute atomic E-state index is 0.101. The van der Waals surface area contributed by atoms with E-state index in [1.54, 1.807) is 12.1 Å². The molecule has 0 saturated carbocycles. The summed E-state index contributed by atoms with van der Waals surface area (Å²) < 4.78 is 35.6. The molecule has 3 aliphatic heterocycles.